The molecule has 1 N–H and O–H groups in total. The second kappa shape index (κ2) is 4.98. The zero-order chi connectivity index (χ0) is 13.3. The van der Waals surface area contributed by atoms with Crippen LogP contribution in [0.1, 0.15) is 19.8 Å². The molecule has 1 aliphatic rings. The van der Waals surface area contributed by atoms with Gasteiger partial charge in [-0.05, 0) is 38.0 Å². The molecule has 0 saturated carbocycles. The fourth-order valence-corrected chi connectivity index (χ4v) is 3.42. The van der Waals surface area contributed by atoms with Crippen molar-refractivity contribution in [1.29, 1.82) is 0 Å². The van der Waals surface area contributed by atoms with Gasteiger partial charge in [-0.2, -0.15) is 0 Å². The minimum absolute atomic E-state index is 0.00376. The lowest BCUT2D eigenvalue weighted by atomic mass is 9.95. The molecule has 0 amide bonds. The Kier molecular flexibility index (Phi) is 3.33. The molecule has 1 unspecified atom stereocenters. The lowest BCUT2D eigenvalue weighted by molar-refractivity contribution is 0.0540. The zero-order valence-electron chi connectivity index (χ0n) is 11.2. The molecule has 2 heterocycles. The predicted molar refractivity (Wildman–Crippen MR) is 78.3 cm³/mol. The monoisotopic (exact) mass is 278 g/mol. The van der Waals surface area contributed by atoms with E-state index in [1.54, 1.807) is 18.4 Å². The van der Waals surface area contributed by atoms with Gasteiger partial charge in [-0.3, -0.25) is 0 Å². The average molecular weight is 278 g/mol. The standard InChI is InChI=1S/C14H18N2O2S/c1-14(6-3-7-18-9-14)16-13-15-11-5-4-10(17-2)8-12(11)19-13/h4-5,8H,3,6-7,9H2,1-2H3,(H,15,16). The molecule has 0 radical (unpaired) electrons. The van der Waals surface area contributed by atoms with Crippen molar-refractivity contribution in [2.75, 3.05) is 25.6 Å². The van der Waals surface area contributed by atoms with Gasteiger partial charge in [0.05, 0.1) is 29.5 Å². The van der Waals surface area contributed by atoms with Crippen molar-refractivity contribution in [3.8, 4) is 5.75 Å². The molecule has 102 valence electrons. The predicted octanol–water partition coefficient (Wildman–Crippen LogP) is 3.29. The summed E-state index contributed by atoms with van der Waals surface area (Å²) in [6.07, 6.45) is 2.22. The molecular formula is C14H18N2O2S. The molecule has 19 heavy (non-hydrogen) atoms. The first kappa shape index (κ1) is 12.7. The first-order chi connectivity index (χ1) is 9.18. The van der Waals surface area contributed by atoms with E-state index in [4.69, 9.17) is 9.47 Å². The Morgan fingerprint density at radius 1 is 1.47 bits per heavy atom. The highest BCUT2D eigenvalue weighted by Crippen LogP contribution is 2.32. The zero-order valence-corrected chi connectivity index (χ0v) is 12.0. The maximum absolute atomic E-state index is 5.56. The van der Waals surface area contributed by atoms with Crippen molar-refractivity contribution in [2.45, 2.75) is 25.3 Å². The Morgan fingerprint density at radius 2 is 2.37 bits per heavy atom. The van der Waals surface area contributed by atoms with Crippen LogP contribution in [0.4, 0.5) is 5.13 Å². The van der Waals surface area contributed by atoms with Gasteiger partial charge in [-0.1, -0.05) is 11.3 Å². The number of fused-ring (bicyclic) bond motifs is 1. The first-order valence-electron chi connectivity index (χ1n) is 6.49. The van der Waals surface area contributed by atoms with E-state index in [2.05, 4.69) is 17.2 Å². The van der Waals surface area contributed by atoms with E-state index in [1.807, 2.05) is 18.2 Å². The number of aromatic nitrogens is 1. The van der Waals surface area contributed by atoms with Crippen LogP contribution in [0.5, 0.6) is 5.75 Å². The van der Waals surface area contributed by atoms with E-state index in [0.717, 1.165) is 47.2 Å². The summed E-state index contributed by atoms with van der Waals surface area (Å²) < 4.78 is 11.9. The fourth-order valence-electron chi connectivity index (χ4n) is 2.38. The van der Waals surface area contributed by atoms with Gasteiger partial charge in [-0.15, -0.1) is 0 Å². The molecule has 1 atom stereocenters. The van der Waals surface area contributed by atoms with Gasteiger partial charge in [-0.25, -0.2) is 4.98 Å². The highest BCUT2D eigenvalue weighted by molar-refractivity contribution is 7.22. The van der Waals surface area contributed by atoms with Gasteiger partial charge in [0.1, 0.15) is 5.75 Å². The highest BCUT2D eigenvalue weighted by Gasteiger charge is 2.28. The molecule has 0 aliphatic carbocycles. The van der Waals surface area contributed by atoms with Crippen LogP contribution in [0.15, 0.2) is 18.2 Å². The van der Waals surface area contributed by atoms with Crippen molar-refractivity contribution in [3.63, 3.8) is 0 Å². The van der Waals surface area contributed by atoms with E-state index in [-0.39, 0.29) is 5.54 Å². The number of nitrogens with one attached hydrogen (secondary N) is 1. The number of rotatable bonds is 3. The molecule has 1 aliphatic heterocycles. The molecular weight excluding hydrogens is 260 g/mol. The Hall–Kier alpha value is -1.33. The fraction of sp³-hybridized carbons (Fsp3) is 0.500. The Morgan fingerprint density at radius 3 is 3.11 bits per heavy atom. The molecule has 1 aromatic carbocycles. The first-order valence-corrected chi connectivity index (χ1v) is 7.31. The maximum Gasteiger partial charge on any atom is 0.184 e. The van der Waals surface area contributed by atoms with Gasteiger partial charge in [0.2, 0.25) is 0 Å². The van der Waals surface area contributed by atoms with E-state index >= 15 is 0 Å². The molecule has 1 aromatic heterocycles. The quantitative estimate of drug-likeness (QED) is 0.935. The average Bonchev–Trinajstić information content (AvgIpc) is 2.79. The van der Waals surface area contributed by atoms with Crippen LogP contribution in [-0.4, -0.2) is 30.8 Å². The third-order valence-electron chi connectivity index (χ3n) is 3.44. The van der Waals surface area contributed by atoms with Crippen LogP contribution < -0.4 is 10.1 Å². The van der Waals surface area contributed by atoms with Crippen molar-refractivity contribution >= 4 is 26.7 Å². The molecule has 0 spiro atoms. The summed E-state index contributed by atoms with van der Waals surface area (Å²) in [5.41, 5.74) is 1.00. The SMILES string of the molecule is COc1ccc2nc(NC3(C)CCCOC3)sc2c1. The second-order valence-corrected chi connectivity index (χ2v) is 6.23. The lowest BCUT2D eigenvalue weighted by Gasteiger charge is -2.34. The van der Waals surface area contributed by atoms with Crippen molar-refractivity contribution in [3.05, 3.63) is 18.2 Å². The molecule has 2 aromatic rings. The normalized spacial score (nSPS) is 23.5. The van der Waals surface area contributed by atoms with Crippen LogP contribution in [0, 0.1) is 0 Å². The van der Waals surface area contributed by atoms with E-state index in [9.17, 15) is 0 Å². The Balaban J connectivity index is 1.84. The summed E-state index contributed by atoms with van der Waals surface area (Å²) in [5, 5.41) is 4.48. The van der Waals surface area contributed by atoms with E-state index in [1.165, 1.54) is 0 Å². The number of nitrogens with zero attached hydrogens (tertiary/aromatic N) is 1. The molecule has 4 nitrogen and oxygen atoms in total. The molecule has 3 rings (SSSR count). The Bertz CT molecular complexity index is 576. The molecule has 1 saturated heterocycles. The third kappa shape index (κ3) is 2.67. The lowest BCUT2D eigenvalue weighted by Crippen LogP contribution is -2.42. The van der Waals surface area contributed by atoms with Gasteiger partial charge in [0.15, 0.2) is 5.13 Å². The van der Waals surface area contributed by atoms with Gasteiger partial charge >= 0.3 is 0 Å². The van der Waals surface area contributed by atoms with Crippen molar-refractivity contribution in [1.82, 2.24) is 4.98 Å². The third-order valence-corrected chi connectivity index (χ3v) is 4.38. The summed E-state index contributed by atoms with van der Waals surface area (Å²) in [7, 11) is 1.68. The summed E-state index contributed by atoms with van der Waals surface area (Å²) in [6, 6.07) is 5.96. The minimum atomic E-state index is -0.00376. The number of anilines is 1. The number of hydrogen-bond donors (Lipinski definition) is 1. The molecule has 1 fully saturated rings. The smallest absolute Gasteiger partial charge is 0.184 e. The van der Waals surface area contributed by atoms with Crippen LogP contribution in [0.25, 0.3) is 10.2 Å². The van der Waals surface area contributed by atoms with Crippen LogP contribution in [-0.2, 0) is 4.74 Å². The largest absolute Gasteiger partial charge is 0.497 e. The second-order valence-electron chi connectivity index (χ2n) is 5.19. The number of benzene rings is 1. The number of hydrogen-bond acceptors (Lipinski definition) is 5. The summed E-state index contributed by atoms with van der Waals surface area (Å²) in [4.78, 5) is 4.62. The summed E-state index contributed by atoms with van der Waals surface area (Å²) in [6.45, 7) is 3.80. The molecule has 5 heteroatoms. The number of methoxy groups -OCH3 is 1. The van der Waals surface area contributed by atoms with Crippen molar-refractivity contribution in [2.24, 2.45) is 0 Å². The van der Waals surface area contributed by atoms with Crippen LogP contribution in [0.2, 0.25) is 0 Å². The van der Waals surface area contributed by atoms with Crippen LogP contribution in [0.3, 0.4) is 0 Å². The van der Waals surface area contributed by atoms with Crippen LogP contribution >= 0.6 is 11.3 Å². The Labute approximate surface area is 116 Å². The van der Waals surface area contributed by atoms with Gasteiger partial charge in [0, 0.05) is 6.61 Å². The molecule has 0 bridgehead atoms. The van der Waals surface area contributed by atoms with Crippen molar-refractivity contribution < 1.29 is 9.47 Å². The highest BCUT2D eigenvalue weighted by atomic mass is 32.1. The number of ether oxygens (including phenoxy) is 2. The summed E-state index contributed by atoms with van der Waals surface area (Å²) >= 11 is 1.66. The summed E-state index contributed by atoms with van der Waals surface area (Å²) in [5.74, 6) is 0.870. The van der Waals surface area contributed by atoms with Gasteiger partial charge in [0.25, 0.3) is 0 Å². The van der Waals surface area contributed by atoms with E-state index < -0.39 is 0 Å². The minimum Gasteiger partial charge on any atom is -0.497 e. The maximum atomic E-state index is 5.56. The topological polar surface area (TPSA) is 43.4 Å². The van der Waals surface area contributed by atoms with E-state index in [0.29, 0.717) is 0 Å². The van der Waals surface area contributed by atoms with Gasteiger partial charge < -0.3 is 14.8 Å². The number of thiazole rings is 1.